The summed E-state index contributed by atoms with van der Waals surface area (Å²) in [5, 5.41) is 11.1. The number of thioether (sulfide) groups is 1. The topological polar surface area (TPSA) is 86.5 Å². The van der Waals surface area contributed by atoms with Crippen LogP contribution in [0.25, 0.3) is 11.5 Å². The van der Waals surface area contributed by atoms with Crippen LogP contribution in [-0.4, -0.2) is 33.6 Å². The van der Waals surface area contributed by atoms with E-state index < -0.39 is 18.1 Å². The number of carbonyl (C=O) groups is 1. The highest BCUT2D eigenvalue weighted by molar-refractivity contribution is 7.99. The summed E-state index contributed by atoms with van der Waals surface area (Å²) >= 11 is 1.75. The van der Waals surface area contributed by atoms with Gasteiger partial charge in [-0.25, -0.2) is 0 Å². The van der Waals surface area contributed by atoms with E-state index in [1.54, 1.807) is 30.8 Å². The van der Waals surface area contributed by atoms with E-state index in [-0.39, 0.29) is 6.01 Å². The molecule has 1 aliphatic heterocycles. The van der Waals surface area contributed by atoms with E-state index in [1.165, 1.54) is 0 Å². The molecule has 2 unspecified atom stereocenters. The number of anilines is 1. The predicted octanol–water partition coefficient (Wildman–Crippen LogP) is 4.40. The Morgan fingerprint density at radius 1 is 1.07 bits per heavy atom. The number of aromatic nitrogens is 2. The second-order valence-electron chi connectivity index (χ2n) is 6.90. The number of hydrogen-bond acceptors (Lipinski definition) is 7. The van der Waals surface area contributed by atoms with Gasteiger partial charge in [0.25, 0.3) is 5.91 Å². The number of hydrogen-bond donors (Lipinski definition) is 1. The van der Waals surface area contributed by atoms with Crippen molar-refractivity contribution in [2.45, 2.75) is 43.1 Å². The van der Waals surface area contributed by atoms with Gasteiger partial charge in [-0.2, -0.15) is 0 Å². The predicted molar refractivity (Wildman–Crippen MR) is 110 cm³/mol. The molecule has 2 atom stereocenters. The van der Waals surface area contributed by atoms with E-state index in [2.05, 4.69) is 29.4 Å². The molecule has 1 amide bonds. The van der Waals surface area contributed by atoms with Crippen molar-refractivity contribution in [3.8, 4) is 23.0 Å². The molecule has 0 aliphatic carbocycles. The Hall–Kier alpha value is -3.00. The van der Waals surface area contributed by atoms with Crippen molar-refractivity contribution in [3.63, 3.8) is 0 Å². The zero-order chi connectivity index (χ0) is 20.4. The van der Waals surface area contributed by atoms with Gasteiger partial charge in [0.1, 0.15) is 6.10 Å². The van der Waals surface area contributed by atoms with E-state index in [4.69, 9.17) is 13.9 Å². The fraction of sp³-hybridized carbons (Fsp3) is 0.286. The average molecular weight is 411 g/mol. The van der Waals surface area contributed by atoms with Crippen molar-refractivity contribution in [1.29, 1.82) is 0 Å². The summed E-state index contributed by atoms with van der Waals surface area (Å²) < 4.78 is 17.2. The van der Waals surface area contributed by atoms with Gasteiger partial charge >= 0.3 is 6.01 Å². The molecule has 0 saturated carbocycles. The number of benzene rings is 2. The normalized spacial score (nSPS) is 17.9. The molecule has 0 saturated heterocycles. The second-order valence-corrected chi connectivity index (χ2v) is 8.55. The summed E-state index contributed by atoms with van der Waals surface area (Å²) in [7, 11) is 0. The molecule has 0 bridgehead atoms. The molecule has 29 heavy (non-hydrogen) atoms. The van der Waals surface area contributed by atoms with Crippen LogP contribution in [0.2, 0.25) is 0 Å². The summed E-state index contributed by atoms with van der Waals surface area (Å²) in [5.74, 6) is 1.07. The lowest BCUT2D eigenvalue weighted by molar-refractivity contribution is -0.128. The number of amides is 1. The smallest absolute Gasteiger partial charge is 0.322 e. The Morgan fingerprint density at radius 3 is 2.59 bits per heavy atom. The van der Waals surface area contributed by atoms with Crippen LogP contribution in [-0.2, 0) is 4.79 Å². The molecular weight excluding hydrogens is 390 g/mol. The molecule has 2 heterocycles. The van der Waals surface area contributed by atoms with Crippen LogP contribution in [0, 0.1) is 0 Å². The molecule has 3 aromatic rings. The molecule has 4 rings (SSSR count). The van der Waals surface area contributed by atoms with Gasteiger partial charge in [0, 0.05) is 15.7 Å². The Bertz CT molecular complexity index is 1020. The highest BCUT2D eigenvalue weighted by Crippen LogP contribution is 2.34. The number of nitrogens with zero attached hydrogens (tertiary/aromatic N) is 2. The van der Waals surface area contributed by atoms with Gasteiger partial charge in [-0.15, -0.1) is 16.9 Å². The van der Waals surface area contributed by atoms with Crippen LogP contribution >= 0.6 is 11.8 Å². The number of ether oxygens (including phenoxy) is 2. The average Bonchev–Trinajstić information content (AvgIpc) is 3.15. The number of nitrogens with one attached hydrogen (secondary N) is 1. The first-order valence-corrected chi connectivity index (χ1v) is 10.2. The summed E-state index contributed by atoms with van der Waals surface area (Å²) in [6.07, 6.45) is -1.29. The van der Waals surface area contributed by atoms with E-state index >= 15 is 0 Å². The first-order valence-electron chi connectivity index (χ1n) is 9.33. The Morgan fingerprint density at radius 2 is 1.83 bits per heavy atom. The van der Waals surface area contributed by atoms with Crippen LogP contribution in [0.1, 0.15) is 20.8 Å². The van der Waals surface area contributed by atoms with Gasteiger partial charge < -0.3 is 13.9 Å². The lowest BCUT2D eigenvalue weighted by atomic mass is 10.1. The van der Waals surface area contributed by atoms with Crippen LogP contribution in [0.3, 0.4) is 0 Å². The lowest BCUT2D eigenvalue weighted by Crippen LogP contribution is -2.46. The van der Waals surface area contributed by atoms with Gasteiger partial charge in [-0.3, -0.25) is 10.1 Å². The maximum Gasteiger partial charge on any atom is 0.322 e. The summed E-state index contributed by atoms with van der Waals surface area (Å²) in [4.78, 5) is 13.8. The zero-order valence-electron chi connectivity index (χ0n) is 16.3. The highest BCUT2D eigenvalue weighted by atomic mass is 32.2. The first-order chi connectivity index (χ1) is 14.0. The molecule has 1 N–H and O–H groups in total. The van der Waals surface area contributed by atoms with Gasteiger partial charge in [0.15, 0.2) is 11.5 Å². The Balaban J connectivity index is 1.46. The van der Waals surface area contributed by atoms with Crippen molar-refractivity contribution >= 4 is 23.7 Å². The summed E-state index contributed by atoms with van der Waals surface area (Å²) in [5.41, 5.74) is 0.795. The quantitative estimate of drug-likeness (QED) is 0.623. The standard InChI is InChI=1S/C21H21N3O4S/c1-12(2)29-15-8-6-7-14(11-15)20-23-24-21(28-20)22-19(25)18-13(3)26-16-9-4-5-10-17(16)27-18/h4-13,18H,1-3H3,(H,22,24,25). The minimum Gasteiger partial charge on any atom is -0.482 e. The molecule has 0 radical (unpaired) electrons. The van der Waals surface area contributed by atoms with Crippen LogP contribution in [0.15, 0.2) is 57.8 Å². The van der Waals surface area contributed by atoms with Gasteiger partial charge in [0.2, 0.25) is 12.0 Å². The number of para-hydroxylation sites is 2. The summed E-state index contributed by atoms with van der Waals surface area (Å²) in [6.45, 7) is 6.04. The van der Waals surface area contributed by atoms with E-state index in [0.29, 0.717) is 22.6 Å². The highest BCUT2D eigenvalue weighted by Gasteiger charge is 2.34. The number of carbonyl (C=O) groups excluding carboxylic acids is 1. The van der Waals surface area contributed by atoms with Crippen molar-refractivity contribution in [2.75, 3.05) is 5.32 Å². The molecule has 1 aromatic heterocycles. The minimum atomic E-state index is -0.828. The van der Waals surface area contributed by atoms with Crippen LogP contribution in [0.5, 0.6) is 11.5 Å². The number of rotatable bonds is 5. The Labute approximate surface area is 172 Å². The second kappa shape index (κ2) is 8.16. The molecular formula is C21H21N3O4S. The van der Waals surface area contributed by atoms with Crippen LogP contribution in [0.4, 0.5) is 6.01 Å². The third-order valence-electron chi connectivity index (χ3n) is 4.21. The third kappa shape index (κ3) is 4.37. The fourth-order valence-electron chi connectivity index (χ4n) is 2.95. The van der Waals surface area contributed by atoms with Crippen molar-refractivity contribution in [3.05, 3.63) is 48.5 Å². The third-order valence-corrected chi connectivity index (χ3v) is 5.21. The Kier molecular flexibility index (Phi) is 5.44. The number of fused-ring (bicyclic) bond motifs is 1. The van der Waals surface area contributed by atoms with E-state index in [9.17, 15) is 4.79 Å². The summed E-state index contributed by atoms with van der Waals surface area (Å²) in [6, 6.07) is 15.1. The zero-order valence-corrected chi connectivity index (χ0v) is 17.1. The van der Waals surface area contributed by atoms with Gasteiger partial charge in [-0.05, 0) is 37.3 Å². The van der Waals surface area contributed by atoms with Crippen molar-refractivity contribution in [2.24, 2.45) is 0 Å². The molecule has 1 aliphatic rings. The molecule has 8 heteroatoms. The van der Waals surface area contributed by atoms with E-state index in [0.717, 1.165) is 10.5 Å². The van der Waals surface area contributed by atoms with Gasteiger partial charge in [0.05, 0.1) is 0 Å². The molecule has 7 nitrogen and oxygen atoms in total. The molecule has 2 aromatic carbocycles. The SMILES string of the molecule is CC(C)Sc1cccc(-c2nnc(NC(=O)C3Oc4ccccc4OC3C)o2)c1. The van der Waals surface area contributed by atoms with Crippen LogP contribution < -0.4 is 14.8 Å². The van der Waals surface area contributed by atoms with Crippen molar-refractivity contribution in [1.82, 2.24) is 10.2 Å². The van der Waals surface area contributed by atoms with Gasteiger partial charge in [-0.1, -0.05) is 37.1 Å². The maximum atomic E-state index is 12.7. The van der Waals surface area contributed by atoms with E-state index in [1.807, 2.05) is 36.4 Å². The largest absolute Gasteiger partial charge is 0.482 e. The maximum absolute atomic E-state index is 12.7. The lowest BCUT2D eigenvalue weighted by Gasteiger charge is -2.30. The first kappa shape index (κ1) is 19.3. The molecule has 0 spiro atoms. The van der Waals surface area contributed by atoms with Crippen molar-refractivity contribution < 1.29 is 18.7 Å². The molecule has 0 fully saturated rings. The minimum absolute atomic E-state index is 0.0153. The monoisotopic (exact) mass is 411 g/mol. The fourth-order valence-corrected chi connectivity index (χ4v) is 3.84. The molecule has 150 valence electrons.